The van der Waals surface area contributed by atoms with E-state index >= 15 is 0 Å². The maximum atomic E-state index is 12.7. The number of thiazole rings is 1. The lowest BCUT2D eigenvalue weighted by atomic mass is 10.1. The molecule has 0 saturated carbocycles. The number of benzene rings is 2. The molecule has 152 valence electrons. The van der Waals surface area contributed by atoms with Crippen molar-refractivity contribution in [2.75, 3.05) is 19.5 Å². The highest BCUT2D eigenvalue weighted by molar-refractivity contribution is 7.15. The second-order valence-corrected chi connectivity index (χ2v) is 7.10. The van der Waals surface area contributed by atoms with Crippen molar-refractivity contribution in [3.8, 4) is 22.8 Å². The topological polar surface area (TPSA) is 108 Å². The van der Waals surface area contributed by atoms with Crippen LogP contribution in [0.25, 0.3) is 16.2 Å². The molecule has 0 aliphatic rings. The third kappa shape index (κ3) is 3.55. The van der Waals surface area contributed by atoms with Gasteiger partial charge in [0.25, 0.3) is 11.6 Å². The van der Waals surface area contributed by atoms with Crippen molar-refractivity contribution >= 4 is 33.6 Å². The molecule has 10 heteroatoms. The van der Waals surface area contributed by atoms with Crippen molar-refractivity contribution in [3.05, 3.63) is 69.8 Å². The number of fused-ring (bicyclic) bond motifs is 1. The van der Waals surface area contributed by atoms with Crippen LogP contribution in [0.5, 0.6) is 11.5 Å². The van der Waals surface area contributed by atoms with E-state index < -0.39 is 10.8 Å². The summed E-state index contributed by atoms with van der Waals surface area (Å²) in [5.74, 6) is -0.230. The molecule has 2 heterocycles. The zero-order chi connectivity index (χ0) is 21.3. The number of hydrogen-bond donors (Lipinski definition) is 1. The lowest BCUT2D eigenvalue weighted by molar-refractivity contribution is -0.385. The lowest BCUT2D eigenvalue weighted by Gasteiger charge is -2.11. The van der Waals surface area contributed by atoms with E-state index in [1.807, 2.05) is 34.3 Å². The number of rotatable bonds is 6. The number of carbonyl (C=O) groups excluding carboxylic acids is 1. The lowest BCUT2D eigenvalue weighted by Crippen LogP contribution is -2.14. The fourth-order valence-electron chi connectivity index (χ4n) is 2.99. The maximum absolute atomic E-state index is 12.7. The molecule has 2 aromatic carbocycles. The van der Waals surface area contributed by atoms with E-state index in [-0.39, 0.29) is 22.7 Å². The number of carbonyl (C=O) groups is 1. The second kappa shape index (κ2) is 7.84. The van der Waals surface area contributed by atoms with Crippen molar-refractivity contribution in [3.63, 3.8) is 0 Å². The predicted molar refractivity (Wildman–Crippen MR) is 113 cm³/mol. The maximum Gasteiger partial charge on any atom is 0.286 e. The number of nitro benzene ring substituents is 1. The summed E-state index contributed by atoms with van der Waals surface area (Å²) in [7, 11) is 2.76. The van der Waals surface area contributed by atoms with E-state index in [2.05, 4.69) is 10.3 Å². The van der Waals surface area contributed by atoms with Gasteiger partial charge in [0.15, 0.2) is 16.5 Å². The fourth-order valence-corrected chi connectivity index (χ4v) is 3.69. The molecule has 0 bridgehead atoms. The Kier molecular flexibility index (Phi) is 5.07. The molecule has 2 aromatic heterocycles. The van der Waals surface area contributed by atoms with Gasteiger partial charge in [-0.25, -0.2) is 4.98 Å². The molecule has 4 rings (SSSR count). The van der Waals surface area contributed by atoms with E-state index in [0.29, 0.717) is 5.69 Å². The number of hydrogen-bond acceptors (Lipinski definition) is 7. The third-order valence-electron chi connectivity index (χ3n) is 4.47. The molecule has 0 atom stereocenters. The Labute approximate surface area is 174 Å². The van der Waals surface area contributed by atoms with Gasteiger partial charge >= 0.3 is 0 Å². The van der Waals surface area contributed by atoms with E-state index in [0.717, 1.165) is 16.2 Å². The van der Waals surface area contributed by atoms with Crippen LogP contribution in [-0.4, -0.2) is 34.4 Å². The molecule has 0 spiro atoms. The van der Waals surface area contributed by atoms with Gasteiger partial charge in [0.1, 0.15) is 5.56 Å². The van der Waals surface area contributed by atoms with Crippen molar-refractivity contribution in [1.82, 2.24) is 9.38 Å². The van der Waals surface area contributed by atoms with Crippen LogP contribution in [0.3, 0.4) is 0 Å². The number of ether oxygens (including phenoxy) is 2. The first-order valence-electron chi connectivity index (χ1n) is 8.74. The first kappa shape index (κ1) is 19.4. The molecular weight excluding hydrogens is 408 g/mol. The van der Waals surface area contributed by atoms with Gasteiger partial charge in [0.2, 0.25) is 0 Å². The number of nitro groups is 1. The van der Waals surface area contributed by atoms with Crippen molar-refractivity contribution in [2.45, 2.75) is 0 Å². The SMILES string of the molecule is COc1cc(C(=O)Nc2ccc(-c3cn4ccsc4n3)cc2)c([N+](=O)[O-])cc1OC. The molecule has 4 aromatic rings. The molecule has 0 aliphatic carbocycles. The standard InChI is InChI=1S/C20H16N4O5S/c1-28-17-9-14(16(24(26)27)10-18(17)29-2)19(25)21-13-5-3-12(4-6-13)15-11-23-7-8-30-20(23)22-15/h3-11H,1-2H3,(H,21,25). The zero-order valence-electron chi connectivity index (χ0n) is 16.0. The van der Waals surface area contributed by atoms with Gasteiger partial charge in [-0.3, -0.25) is 19.3 Å². The first-order chi connectivity index (χ1) is 14.5. The van der Waals surface area contributed by atoms with Crippen LogP contribution < -0.4 is 14.8 Å². The smallest absolute Gasteiger partial charge is 0.286 e. The number of aromatic nitrogens is 2. The van der Waals surface area contributed by atoms with E-state index in [1.54, 1.807) is 23.5 Å². The Morgan fingerprint density at radius 3 is 2.50 bits per heavy atom. The van der Waals surface area contributed by atoms with Gasteiger partial charge in [0, 0.05) is 35.1 Å². The fraction of sp³-hybridized carbons (Fsp3) is 0.100. The zero-order valence-corrected chi connectivity index (χ0v) is 16.8. The van der Waals surface area contributed by atoms with Gasteiger partial charge in [-0.1, -0.05) is 12.1 Å². The average Bonchev–Trinajstić information content (AvgIpc) is 3.35. The van der Waals surface area contributed by atoms with Crippen molar-refractivity contribution in [2.24, 2.45) is 0 Å². The molecule has 0 fully saturated rings. The third-order valence-corrected chi connectivity index (χ3v) is 5.25. The number of methoxy groups -OCH3 is 2. The summed E-state index contributed by atoms with van der Waals surface area (Å²) in [6, 6.07) is 9.54. The van der Waals surface area contributed by atoms with Crippen LogP contribution in [0.4, 0.5) is 11.4 Å². The molecule has 0 aliphatic heterocycles. The summed E-state index contributed by atoms with van der Waals surface area (Å²) in [5.41, 5.74) is 1.70. The Balaban J connectivity index is 1.59. The van der Waals surface area contributed by atoms with E-state index in [1.165, 1.54) is 26.4 Å². The first-order valence-corrected chi connectivity index (χ1v) is 9.62. The number of anilines is 1. The highest BCUT2D eigenvalue weighted by Crippen LogP contribution is 2.35. The van der Waals surface area contributed by atoms with Crippen LogP contribution in [0.15, 0.2) is 54.2 Å². The van der Waals surface area contributed by atoms with Crippen LogP contribution in [0.1, 0.15) is 10.4 Å². The van der Waals surface area contributed by atoms with Gasteiger partial charge in [-0.2, -0.15) is 0 Å². The molecule has 9 nitrogen and oxygen atoms in total. The van der Waals surface area contributed by atoms with Crippen molar-refractivity contribution < 1.29 is 19.2 Å². The average molecular weight is 424 g/mol. The van der Waals surface area contributed by atoms with E-state index in [4.69, 9.17) is 9.47 Å². The van der Waals surface area contributed by atoms with Gasteiger partial charge in [-0.05, 0) is 12.1 Å². The number of amides is 1. The summed E-state index contributed by atoms with van der Waals surface area (Å²) in [6.45, 7) is 0. The summed E-state index contributed by atoms with van der Waals surface area (Å²) in [4.78, 5) is 28.9. The summed E-state index contributed by atoms with van der Waals surface area (Å²) in [5, 5.41) is 16.1. The monoisotopic (exact) mass is 424 g/mol. The van der Waals surface area contributed by atoms with Crippen LogP contribution in [0.2, 0.25) is 0 Å². The van der Waals surface area contributed by atoms with E-state index in [9.17, 15) is 14.9 Å². The minimum atomic E-state index is -0.635. The summed E-state index contributed by atoms with van der Waals surface area (Å²) >= 11 is 1.54. The Hall–Kier alpha value is -3.92. The molecule has 1 N–H and O–H groups in total. The van der Waals surface area contributed by atoms with Gasteiger partial charge < -0.3 is 14.8 Å². The highest BCUT2D eigenvalue weighted by atomic mass is 32.1. The highest BCUT2D eigenvalue weighted by Gasteiger charge is 2.24. The Morgan fingerprint density at radius 1 is 1.17 bits per heavy atom. The number of nitrogens with one attached hydrogen (secondary N) is 1. The molecule has 0 radical (unpaired) electrons. The minimum absolute atomic E-state index is 0.129. The molecule has 1 amide bonds. The Morgan fingerprint density at radius 2 is 1.87 bits per heavy atom. The van der Waals surface area contributed by atoms with Crippen molar-refractivity contribution in [1.29, 1.82) is 0 Å². The second-order valence-electron chi connectivity index (χ2n) is 6.23. The summed E-state index contributed by atoms with van der Waals surface area (Å²) in [6.07, 6.45) is 3.85. The molecule has 0 saturated heterocycles. The van der Waals surface area contributed by atoms with Crippen LogP contribution >= 0.6 is 11.3 Å². The van der Waals surface area contributed by atoms with Crippen LogP contribution in [0, 0.1) is 10.1 Å². The molecule has 0 unspecified atom stereocenters. The number of nitrogens with zero attached hydrogens (tertiary/aromatic N) is 3. The van der Waals surface area contributed by atoms with Crippen LogP contribution in [-0.2, 0) is 0 Å². The molecule has 30 heavy (non-hydrogen) atoms. The minimum Gasteiger partial charge on any atom is -0.493 e. The quantitative estimate of drug-likeness (QED) is 0.366. The summed E-state index contributed by atoms with van der Waals surface area (Å²) < 4.78 is 12.2. The normalized spacial score (nSPS) is 10.7. The number of imidazole rings is 1. The van der Waals surface area contributed by atoms with Gasteiger partial charge in [-0.15, -0.1) is 11.3 Å². The Bertz CT molecular complexity index is 1220. The predicted octanol–water partition coefficient (Wildman–Crippen LogP) is 4.24. The largest absolute Gasteiger partial charge is 0.493 e. The molecular formula is C20H16N4O5S. The van der Waals surface area contributed by atoms with Gasteiger partial charge in [0.05, 0.1) is 30.9 Å².